The van der Waals surface area contributed by atoms with Gasteiger partial charge in [-0.25, -0.2) is 0 Å². The molecule has 0 amide bonds. The zero-order chi connectivity index (χ0) is 17.2. The number of unbranched alkanes of at least 4 members (excludes halogenated alkanes) is 4. The van der Waals surface area contributed by atoms with Gasteiger partial charge in [0, 0.05) is 12.8 Å². The third-order valence-corrected chi connectivity index (χ3v) is 2.62. The first-order valence-electron chi connectivity index (χ1n) is 8.10. The molecule has 0 aliphatic carbocycles. The van der Waals surface area contributed by atoms with Gasteiger partial charge in [0.1, 0.15) is 6.61 Å². The normalized spacial score (nSPS) is 9.23. The molecule has 0 aliphatic heterocycles. The lowest BCUT2D eigenvalue weighted by molar-refractivity contribution is -0.142. The van der Waals surface area contributed by atoms with E-state index in [0.717, 1.165) is 38.5 Å². The molecule has 0 saturated heterocycles. The van der Waals surface area contributed by atoms with Gasteiger partial charge in [-0.15, -0.1) is 0 Å². The van der Waals surface area contributed by atoms with Crippen molar-refractivity contribution in [1.29, 1.82) is 0 Å². The van der Waals surface area contributed by atoms with Gasteiger partial charge in [0.15, 0.2) is 0 Å². The Morgan fingerprint density at radius 1 is 0.955 bits per heavy atom. The fourth-order valence-electron chi connectivity index (χ4n) is 1.51. The van der Waals surface area contributed by atoms with Crippen LogP contribution < -0.4 is 0 Å². The van der Waals surface area contributed by atoms with Gasteiger partial charge in [0.25, 0.3) is 0 Å². The molecule has 128 valence electrons. The van der Waals surface area contributed by atoms with Crippen LogP contribution >= 0.6 is 0 Å². The van der Waals surface area contributed by atoms with Crippen LogP contribution in [0.15, 0.2) is 25.0 Å². The molecule has 4 nitrogen and oxygen atoms in total. The van der Waals surface area contributed by atoms with Crippen molar-refractivity contribution < 1.29 is 19.1 Å². The summed E-state index contributed by atoms with van der Waals surface area (Å²) in [5.41, 5.74) is 0. The lowest BCUT2D eigenvalue weighted by Gasteiger charge is -2.01. The lowest BCUT2D eigenvalue weighted by atomic mass is 10.2. The SMILES string of the molecule is C=C(C)OC(=O)CCCCC.C=CCOC(=O)CCCCC. The van der Waals surface area contributed by atoms with E-state index in [4.69, 9.17) is 9.47 Å². The highest BCUT2D eigenvalue weighted by Gasteiger charge is 2.01. The number of ether oxygens (including phenoxy) is 2. The van der Waals surface area contributed by atoms with Crippen molar-refractivity contribution in [2.75, 3.05) is 6.61 Å². The van der Waals surface area contributed by atoms with Crippen LogP contribution in [0, 0.1) is 0 Å². The summed E-state index contributed by atoms with van der Waals surface area (Å²) in [5.74, 6) is 0.204. The highest BCUT2D eigenvalue weighted by Crippen LogP contribution is 2.02. The Labute approximate surface area is 135 Å². The van der Waals surface area contributed by atoms with Crippen LogP contribution in [0.3, 0.4) is 0 Å². The number of rotatable bonds is 11. The van der Waals surface area contributed by atoms with Gasteiger partial charge in [-0.05, 0) is 19.8 Å². The van der Waals surface area contributed by atoms with E-state index in [-0.39, 0.29) is 11.9 Å². The van der Waals surface area contributed by atoms with Crippen molar-refractivity contribution in [1.82, 2.24) is 0 Å². The maximum Gasteiger partial charge on any atom is 0.310 e. The van der Waals surface area contributed by atoms with Crippen molar-refractivity contribution in [2.45, 2.75) is 72.1 Å². The van der Waals surface area contributed by atoms with Gasteiger partial charge < -0.3 is 9.47 Å². The molecule has 0 aromatic rings. The predicted molar refractivity (Wildman–Crippen MR) is 90.3 cm³/mol. The number of carbonyl (C=O) groups excluding carboxylic acids is 2. The molecule has 0 bridgehead atoms. The van der Waals surface area contributed by atoms with Crippen LogP contribution in [0.2, 0.25) is 0 Å². The van der Waals surface area contributed by atoms with Crippen molar-refractivity contribution in [3.05, 3.63) is 25.0 Å². The fraction of sp³-hybridized carbons (Fsp3) is 0.667. The Morgan fingerprint density at radius 2 is 1.45 bits per heavy atom. The molecule has 22 heavy (non-hydrogen) atoms. The third kappa shape index (κ3) is 20.7. The Kier molecular flexibility index (Phi) is 18.0. The van der Waals surface area contributed by atoms with Crippen LogP contribution in [0.5, 0.6) is 0 Å². The molecule has 0 aromatic heterocycles. The molecule has 0 fully saturated rings. The number of hydrogen-bond donors (Lipinski definition) is 0. The molecule has 0 aliphatic rings. The van der Waals surface area contributed by atoms with E-state index in [1.807, 2.05) is 0 Å². The van der Waals surface area contributed by atoms with Crippen molar-refractivity contribution >= 4 is 11.9 Å². The van der Waals surface area contributed by atoms with Crippen molar-refractivity contribution in [3.8, 4) is 0 Å². The van der Waals surface area contributed by atoms with Crippen LogP contribution in [-0.4, -0.2) is 18.5 Å². The number of esters is 2. The molecule has 4 heteroatoms. The summed E-state index contributed by atoms with van der Waals surface area (Å²) in [7, 11) is 0. The van der Waals surface area contributed by atoms with E-state index in [0.29, 0.717) is 25.2 Å². The van der Waals surface area contributed by atoms with Gasteiger partial charge in [-0.3, -0.25) is 9.59 Å². The van der Waals surface area contributed by atoms with Gasteiger partial charge in [-0.1, -0.05) is 58.8 Å². The first-order chi connectivity index (χ1) is 10.5. The zero-order valence-electron chi connectivity index (χ0n) is 14.5. The second-order valence-corrected chi connectivity index (χ2v) is 5.06. The average molecular weight is 312 g/mol. The van der Waals surface area contributed by atoms with Crippen LogP contribution in [0.25, 0.3) is 0 Å². The van der Waals surface area contributed by atoms with E-state index in [9.17, 15) is 9.59 Å². The summed E-state index contributed by atoms with van der Waals surface area (Å²) in [4.78, 5) is 21.7. The summed E-state index contributed by atoms with van der Waals surface area (Å²) < 4.78 is 9.54. The minimum absolute atomic E-state index is 0.113. The highest BCUT2D eigenvalue weighted by atomic mass is 16.5. The number of allylic oxidation sites excluding steroid dienone is 1. The van der Waals surface area contributed by atoms with E-state index in [1.165, 1.54) is 0 Å². The summed E-state index contributed by atoms with van der Waals surface area (Å²) >= 11 is 0. The molecule has 0 N–H and O–H groups in total. The van der Waals surface area contributed by atoms with Crippen LogP contribution in [-0.2, 0) is 19.1 Å². The Balaban J connectivity index is 0. The predicted octanol–water partition coefficient (Wildman–Crippen LogP) is 4.94. The Hall–Kier alpha value is -1.58. The minimum Gasteiger partial charge on any atom is -0.461 e. The van der Waals surface area contributed by atoms with E-state index in [1.54, 1.807) is 13.0 Å². The summed E-state index contributed by atoms with van der Waals surface area (Å²) in [5, 5.41) is 0. The largest absolute Gasteiger partial charge is 0.461 e. The maximum absolute atomic E-state index is 10.8. The summed E-state index contributed by atoms with van der Waals surface area (Å²) in [6.07, 6.45) is 8.94. The molecular weight excluding hydrogens is 280 g/mol. The smallest absolute Gasteiger partial charge is 0.310 e. The molecule has 0 saturated carbocycles. The lowest BCUT2D eigenvalue weighted by Crippen LogP contribution is -2.03. The third-order valence-electron chi connectivity index (χ3n) is 2.62. The van der Waals surface area contributed by atoms with E-state index < -0.39 is 0 Å². The molecule has 0 atom stereocenters. The van der Waals surface area contributed by atoms with Crippen molar-refractivity contribution in [2.24, 2.45) is 0 Å². The topological polar surface area (TPSA) is 52.6 Å². The molecule has 0 heterocycles. The highest BCUT2D eigenvalue weighted by molar-refractivity contribution is 5.70. The standard InChI is InChI=1S/2C9H16O2/c1-4-5-6-7-9(10)11-8(2)3;1-3-5-6-7-9(10)11-8-4-2/h2,4-7H2,1,3H3;4H,2-3,5-8H2,1H3. The quantitative estimate of drug-likeness (QED) is 0.235. The molecule has 0 unspecified atom stereocenters. The number of carbonyl (C=O) groups is 2. The molecule has 0 aromatic carbocycles. The summed E-state index contributed by atoms with van der Waals surface area (Å²) in [6, 6.07) is 0. The molecule has 0 rings (SSSR count). The van der Waals surface area contributed by atoms with Crippen LogP contribution in [0.4, 0.5) is 0 Å². The van der Waals surface area contributed by atoms with E-state index >= 15 is 0 Å². The molecular formula is C18H32O4. The fourth-order valence-corrected chi connectivity index (χ4v) is 1.51. The summed E-state index contributed by atoms with van der Waals surface area (Å²) in [6.45, 7) is 13.2. The Bertz CT molecular complexity index is 321. The zero-order valence-corrected chi connectivity index (χ0v) is 14.5. The molecule has 0 spiro atoms. The van der Waals surface area contributed by atoms with Gasteiger partial charge in [0.2, 0.25) is 0 Å². The Morgan fingerprint density at radius 3 is 1.86 bits per heavy atom. The van der Waals surface area contributed by atoms with Crippen molar-refractivity contribution in [3.63, 3.8) is 0 Å². The average Bonchev–Trinajstić information content (AvgIpc) is 2.45. The van der Waals surface area contributed by atoms with E-state index in [2.05, 4.69) is 27.0 Å². The van der Waals surface area contributed by atoms with Gasteiger partial charge in [-0.2, -0.15) is 0 Å². The second kappa shape index (κ2) is 17.5. The first-order valence-corrected chi connectivity index (χ1v) is 8.10. The van der Waals surface area contributed by atoms with Gasteiger partial charge >= 0.3 is 11.9 Å². The molecule has 0 radical (unpaired) electrons. The van der Waals surface area contributed by atoms with Crippen LogP contribution in [0.1, 0.15) is 72.1 Å². The second-order valence-electron chi connectivity index (χ2n) is 5.06. The number of hydrogen-bond acceptors (Lipinski definition) is 4. The van der Waals surface area contributed by atoms with Gasteiger partial charge in [0.05, 0.1) is 5.76 Å². The maximum atomic E-state index is 10.8. The first kappa shape index (κ1) is 22.7. The monoisotopic (exact) mass is 312 g/mol. The minimum atomic E-state index is -0.161.